The number of esters is 1. The Kier molecular flexibility index (Phi) is 5.32. The Hall–Kier alpha value is -2.02. The lowest BCUT2D eigenvalue weighted by Crippen LogP contribution is -2.33. The van der Waals surface area contributed by atoms with Crippen LogP contribution in [0.15, 0.2) is 59.5 Å². The Balaban J connectivity index is 2.22. The van der Waals surface area contributed by atoms with Gasteiger partial charge in [0.25, 0.3) is 0 Å². The number of aromatic nitrogens is 1. The summed E-state index contributed by atoms with van der Waals surface area (Å²) in [5, 5.41) is 0. The summed E-state index contributed by atoms with van der Waals surface area (Å²) in [6, 6.07) is 12.2. The largest absolute Gasteiger partial charge is 0.468 e. The first-order valence-electron chi connectivity index (χ1n) is 8.02. The molecule has 3 rings (SSSR count). The maximum absolute atomic E-state index is 12.6. The third-order valence-electron chi connectivity index (χ3n) is 4.49. The zero-order valence-corrected chi connectivity index (χ0v) is 16.5. The van der Waals surface area contributed by atoms with Gasteiger partial charge in [-0.25, -0.2) is 0 Å². The summed E-state index contributed by atoms with van der Waals surface area (Å²) in [6.07, 6.45) is 3.57. The second kappa shape index (κ2) is 7.47. The van der Waals surface area contributed by atoms with Gasteiger partial charge in [-0.15, -0.1) is 0 Å². The van der Waals surface area contributed by atoms with Crippen molar-refractivity contribution < 1.29 is 9.53 Å². The second-order valence-electron chi connectivity index (χ2n) is 6.02. The molecule has 2 unspecified atom stereocenters. The standard InChI is InChI=1S/C20H19IN2O2/c1-12-17(15-5-4-10-22-11-15)19(14-6-8-16(21)9-7-14)18(13(2)23-12)20(24)25-3/h4-11,18-19H,1-3H3. The molecule has 0 radical (unpaired) electrons. The molecular weight excluding hydrogens is 427 g/mol. The molecule has 0 bridgehead atoms. The van der Waals surface area contributed by atoms with Crippen molar-refractivity contribution >= 4 is 39.8 Å². The molecule has 2 atom stereocenters. The molecule has 1 aromatic carbocycles. The van der Waals surface area contributed by atoms with Crippen LogP contribution >= 0.6 is 22.6 Å². The van der Waals surface area contributed by atoms with Gasteiger partial charge in [-0.2, -0.15) is 0 Å². The average molecular weight is 446 g/mol. The number of hydrogen-bond donors (Lipinski definition) is 0. The van der Waals surface area contributed by atoms with Crippen LogP contribution in [0.3, 0.4) is 0 Å². The number of carbonyl (C=O) groups is 1. The molecule has 4 nitrogen and oxygen atoms in total. The van der Waals surface area contributed by atoms with E-state index in [0.717, 1.165) is 31.7 Å². The second-order valence-corrected chi connectivity index (χ2v) is 7.27. The lowest BCUT2D eigenvalue weighted by molar-refractivity contribution is -0.143. The summed E-state index contributed by atoms with van der Waals surface area (Å²) in [5.74, 6) is -0.853. The molecule has 1 aliphatic heterocycles. The summed E-state index contributed by atoms with van der Waals surface area (Å²) >= 11 is 2.28. The SMILES string of the molecule is COC(=O)C1C(C)=NC(C)=C(c2cccnc2)C1c1ccc(I)cc1. The normalized spacial score (nSPS) is 20.2. The maximum atomic E-state index is 12.6. The van der Waals surface area contributed by atoms with Gasteiger partial charge in [-0.05, 0) is 71.3 Å². The van der Waals surface area contributed by atoms with E-state index in [4.69, 9.17) is 4.74 Å². The molecule has 5 heteroatoms. The van der Waals surface area contributed by atoms with Crippen molar-refractivity contribution in [1.82, 2.24) is 4.98 Å². The number of pyridine rings is 1. The van der Waals surface area contributed by atoms with Crippen molar-refractivity contribution in [2.75, 3.05) is 7.11 Å². The summed E-state index contributed by atoms with van der Waals surface area (Å²) in [6.45, 7) is 3.88. The van der Waals surface area contributed by atoms with Gasteiger partial charge in [-0.3, -0.25) is 14.8 Å². The van der Waals surface area contributed by atoms with Crippen molar-refractivity contribution in [3.05, 3.63) is 69.2 Å². The van der Waals surface area contributed by atoms with Gasteiger partial charge in [-0.1, -0.05) is 18.2 Å². The highest BCUT2D eigenvalue weighted by Gasteiger charge is 2.39. The molecule has 128 valence electrons. The van der Waals surface area contributed by atoms with Crippen molar-refractivity contribution in [3.63, 3.8) is 0 Å². The number of aliphatic imine (C=N–C) groups is 1. The lowest BCUT2D eigenvalue weighted by atomic mass is 9.74. The van der Waals surface area contributed by atoms with Crippen LogP contribution in [0.2, 0.25) is 0 Å². The zero-order chi connectivity index (χ0) is 18.0. The highest BCUT2D eigenvalue weighted by atomic mass is 127. The third kappa shape index (κ3) is 3.51. The molecular formula is C20H19IN2O2. The molecule has 0 N–H and O–H groups in total. The smallest absolute Gasteiger partial charge is 0.315 e. The number of rotatable bonds is 3. The van der Waals surface area contributed by atoms with E-state index in [1.807, 2.05) is 32.2 Å². The minimum absolute atomic E-state index is 0.147. The van der Waals surface area contributed by atoms with Gasteiger partial charge in [0, 0.05) is 33.3 Å². The van der Waals surface area contributed by atoms with Crippen LogP contribution in [0.1, 0.15) is 30.9 Å². The van der Waals surface area contributed by atoms with E-state index in [-0.39, 0.29) is 11.9 Å². The van der Waals surface area contributed by atoms with Gasteiger partial charge in [0.2, 0.25) is 0 Å². The minimum atomic E-state index is -0.441. The van der Waals surface area contributed by atoms with Crippen LogP contribution in [-0.4, -0.2) is 23.8 Å². The highest BCUT2D eigenvalue weighted by Crippen LogP contribution is 2.44. The molecule has 0 amide bonds. The van der Waals surface area contributed by atoms with Crippen LogP contribution in [0, 0.1) is 9.49 Å². The molecule has 2 heterocycles. The Morgan fingerprint density at radius 1 is 1.16 bits per heavy atom. The highest BCUT2D eigenvalue weighted by molar-refractivity contribution is 14.1. The zero-order valence-electron chi connectivity index (χ0n) is 14.4. The number of methoxy groups -OCH3 is 1. The van der Waals surface area contributed by atoms with Crippen LogP contribution in [-0.2, 0) is 9.53 Å². The van der Waals surface area contributed by atoms with E-state index in [0.29, 0.717) is 0 Å². The van der Waals surface area contributed by atoms with Gasteiger partial charge >= 0.3 is 5.97 Å². The number of allylic oxidation sites excluding steroid dienone is 2. The molecule has 0 saturated heterocycles. The van der Waals surface area contributed by atoms with E-state index < -0.39 is 5.92 Å². The summed E-state index contributed by atoms with van der Waals surface area (Å²) in [7, 11) is 1.43. The predicted molar refractivity (Wildman–Crippen MR) is 107 cm³/mol. The minimum Gasteiger partial charge on any atom is -0.468 e. The monoisotopic (exact) mass is 446 g/mol. The fraction of sp³-hybridized carbons (Fsp3) is 0.250. The molecule has 0 saturated carbocycles. The Labute approximate surface area is 161 Å². The summed E-state index contributed by atoms with van der Waals surface area (Å²) in [4.78, 5) is 21.5. The van der Waals surface area contributed by atoms with Gasteiger partial charge < -0.3 is 4.74 Å². The summed E-state index contributed by atoms with van der Waals surface area (Å²) in [5.41, 5.74) is 4.77. The molecule has 25 heavy (non-hydrogen) atoms. The van der Waals surface area contributed by atoms with Crippen LogP contribution in [0.5, 0.6) is 0 Å². The number of nitrogens with zero attached hydrogens (tertiary/aromatic N) is 2. The average Bonchev–Trinajstić information content (AvgIpc) is 2.62. The summed E-state index contributed by atoms with van der Waals surface area (Å²) < 4.78 is 6.25. The first-order chi connectivity index (χ1) is 12.0. The fourth-order valence-corrected chi connectivity index (χ4v) is 3.76. The van der Waals surface area contributed by atoms with Crippen LogP contribution in [0.25, 0.3) is 5.57 Å². The first kappa shape index (κ1) is 17.8. The van der Waals surface area contributed by atoms with E-state index in [1.54, 1.807) is 6.20 Å². The Bertz CT molecular complexity index is 842. The lowest BCUT2D eigenvalue weighted by Gasteiger charge is -2.32. The Morgan fingerprint density at radius 3 is 2.48 bits per heavy atom. The predicted octanol–water partition coefficient (Wildman–Crippen LogP) is 4.46. The van der Waals surface area contributed by atoms with Gasteiger partial charge in [0.05, 0.1) is 7.11 Å². The topological polar surface area (TPSA) is 51.5 Å². The van der Waals surface area contributed by atoms with E-state index in [2.05, 4.69) is 56.8 Å². The molecule has 2 aromatic rings. The molecule has 0 aliphatic carbocycles. The maximum Gasteiger partial charge on any atom is 0.315 e. The third-order valence-corrected chi connectivity index (χ3v) is 5.20. The van der Waals surface area contributed by atoms with Gasteiger partial charge in [0.15, 0.2) is 0 Å². The van der Waals surface area contributed by atoms with E-state index >= 15 is 0 Å². The number of hydrogen-bond acceptors (Lipinski definition) is 4. The quantitative estimate of drug-likeness (QED) is 0.517. The van der Waals surface area contributed by atoms with E-state index in [1.165, 1.54) is 7.11 Å². The van der Waals surface area contributed by atoms with Crippen molar-refractivity contribution in [2.24, 2.45) is 10.9 Å². The molecule has 1 aromatic heterocycles. The molecule has 0 fully saturated rings. The van der Waals surface area contributed by atoms with Crippen LogP contribution < -0.4 is 0 Å². The fourth-order valence-electron chi connectivity index (χ4n) is 3.40. The Morgan fingerprint density at radius 2 is 1.88 bits per heavy atom. The number of carbonyl (C=O) groups excluding carboxylic acids is 1. The number of ether oxygens (including phenoxy) is 1. The van der Waals surface area contributed by atoms with Crippen LogP contribution in [0.4, 0.5) is 0 Å². The van der Waals surface area contributed by atoms with Crippen molar-refractivity contribution in [3.8, 4) is 0 Å². The van der Waals surface area contributed by atoms with Crippen molar-refractivity contribution in [2.45, 2.75) is 19.8 Å². The van der Waals surface area contributed by atoms with Gasteiger partial charge in [0.1, 0.15) is 5.92 Å². The molecule has 1 aliphatic rings. The number of benzene rings is 1. The first-order valence-corrected chi connectivity index (χ1v) is 9.10. The van der Waals surface area contributed by atoms with E-state index in [9.17, 15) is 4.79 Å². The van der Waals surface area contributed by atoms with Crippen molar-refractivity contribution in [1.29, 1.82) is 0 Å². The molecule has 0 spiro atoms. The number of halogens is 1.